The summed E-state index contributed by atoms with van der Waals surface area (Å²) in [6, 6.07) is 6.83. The van der Waals surface area contributed by atoms with E-state index in [0.29, 0.717) is 17.4 Å². The number of hydrogen-bond donors (Lipinski definition) is 1. The fraction of sp³-hybridized carbons (Fsp3) is 0.667. The Morgan fingerprint density at radius 2 is 1.84 bits per heavy atom. The highest BCUT2D eigenvalue weighted by atomic mass is 32.2. The van der Waals surface area contributed by atoms with E-state index in [1.165, 1.54) is 31.0 Å². The predicted octanol–water partition coefficient (Wildman–Crippen LogP) is 4.81. The second-order valence-corrected chi connectivity index (χ2v) is 10.9. The van der Waals surface area contributed by atoms with Gasteiger partial charge in [-0.3, -0.25) is 4.79 Å². The first-order valence-corrected chi connectivity index (χ1v) is 10.7. The average Bonchev–Trinajstić information content (AvgIpc) is 2.76. The zero-order chi connectivity index (χ0) is 18.2. The monoisotopic (exact) mass is 357 g/mol. The molecule has 1 aliphatic heterocycles. The van der Waals surface area contributed by atoms with Crippen molar-refractivity contribution in [3.63, 3.8) is 0 Å². The van der Waals surface area contributed by atoms with Crippen LogP contribution in [0.2, 0.25) is 6.32 Å². The van der Waals surface area contributed by atoms with Crippen LogP contribution in [0.3, 0.4) is 0 Å². The van der Waals surface area contributed by atoms with Crippen molar-refractivity contribution in [1.82, 2.24) is 5.32 Å². The van der Waals surface area contributed by atoms with Gasteiger partial charge < -0.3 is 5.32 Å². The molecule has 2 nitrogen and oxygen atoms in total. The van der Waals surface area contributed by atoms with E-state index >= 15 is 0 Å². The molecule has 1 amide bonds. The Bertz CT molecular complexity index is 633. The minimum Gasteiger partial charge on any atom is -0.349 e. The molecule has 2 fully saturated rings. The summed E-state index contributed by atoms with van der Waals surface area (Å²) >= 11 is 2.08. The lowest BCUT2D eigenvalue weighted by atomic mass is 9.56. The minimum absolute atomic E-state index is 0.107. The molecule has 25 heavy (non-hydrogen) atoms. The van der Waals surface area contributed by atoms with E-state index in [0.717, 1.165) is 24.0 Å². The van der Waals surface area contributed by atoms with Gasteiger partial charge in [0.1, 0.15) is 0 Å². The molecular formula is C21H32BNOS. The Hall–Kier alpha value is -0.895. The normalized spacial score (nSPS) is 22.8. The highest BCUT2D eigenvalue weighted by Crippen LogP contribution is 2.53. The summed E-state index contributed by atoms with van der Waals surface area (Å²) in [6.45, 7) is 11.5. The first-order chi connectivity index (χ1) is 11.7. The molecule has 136 valence electrons. The van der Waals surface area contributed by atoms with Gasteiger partial charge in [0.25, 0.3) is 5.91 Å². The molecule has 1 saturated heterocycles. The average molecular weight is 357 g/mol. The van der Waals surface area contributed by atoms with Crippen molar-refractivity contribution in [3.8, 4) is 0 Å². The van der Waals surface area contributed by atoms with Gasteiger partial charge in [-0.2, -0.15) is 11.6 Å². The summed E-state index contributed by atoms with van der Waals surface area (Å²) in [7, 11) is 0. The van der Waals surface area contributed by atoms with Crippen LogP contribution in [0.4, 0.5) is 0 Å². The Kier molecular flexibility index (Phi) is 5.30. The van der Waals surface area contributed by atoms with Gasteiger partial charge in [0, 0.05) is 16.4 Å². The van der Waals surface area contributed by atoms with Gasteiger partial charge in [-0.15, -0.1) is 0 Å². The first-order valence-electron chi connectivity index (χ1n) is 9.79. The lowest BCUT2D eigenvalue weighted by Gasteiger charge is -2.34. The van der Waals surface area contributed by atoms with E-state index in [2.05, 4.69) is 63.7 Å². The van der Waals surface area contributed by atoms with Crippen LogP contribution in [0.25, 0.3) is 0 Å². The largest absolute Gasteiger partial charge is 0.349 e. The molecule has 0 unspecified atom stereocenters. The summed E-state index contributed by atoms with van der Waals surface area (Å²) in [6.07, 6.45) is 7.25. The Balaban J connectivity index is 1.72. The zero-order valence-electron chi connectivity index (χ0n) is 16.4. The van der Waals surface area contributed by atoms with Gasteiger partial charge in [-0.1, -0.05) is 70.9 Å². The second-order valence-electron chi connectivity index (χ2n) is 9.09. The van der Waals surface area contributed by atoms with Crippen molar-refractivity contribution in [2.75, 3.05) is 0 Å². The standard InChI is InChI=1S/C21H32BNOS/c1-15-13-16(22-14-20(2,3)21(4,5)25-22)11-12-18(15)19(24)23-17-9-7-6-8-10-17/h11-13,17H,6-10,14H2,1-5H3,(H,23,24). The van der Waals surface area contributed by atoms with E-state index in [1.807, 2.05) is 6.07 Å². The number of nitrogens with one attached hydrogen (secondary N) is 1. The first kappa shape index (κ1) is 18.9. The quantitative estimate of drug-likeness (QED) is 0.787. The van der Waals surface area contributed by atoms with Gasteiger partial charge in [0.15, 0.2) is 0 Å². The third-order valence-corrected chi connectivity index (χ3v) is 8.43. The summed E-state index contributed by atoms with van der Waals surface area (Å²) in [5.41, 5.74) is 3.65. The minimum atomic E-state index is 0.107. The van der Waals surface area contributed by atoms with Gasteiger partial charge in [-0.25, -0.2) is 0 Å². The van der Waals surface area contributed by atoms with Crippen molar-refractivity contribution >= 4 is 29.0 Å². The number of carbonyl (C=O) groups excluding carboxylic acids is 1. The van der Waals surface area contributed by atoms with E-state index in [9.17, 15) is 4.79 Å². The van der Waals surface area contributed by atoms with E-state index < -0.39 is 0 Å². The van der Waals surface area contributed by atoms with Gasteiger partial charge >= 0.3 is 0 Å². The van der Waals surface area contributed by atoms with Crippen LogP contribution in [0.1, 0.15) is 75.7 Å². The van der Waals surface area contributed by atoms with Crippen molar-refractivity contribution in [3.05, 3.63) is 29.3 Å². The smallest absolute Gasteiger partial charge is 0.251 e. The molecule has 2 aliphatic rings. The van der Waals surface area contributed by atoms with E-state index in [-0.39, 0.29) is 10.7 Å². The Morgan fingerprint density at radius 1 is 1.16 bits per heavy atom. The molecule has 1 heterocycles. The number of rotatable bonds is 3. The van der Waals surface area contributed by atoms with Crippen LogP contribution in [0, 0.1) is 12.3 Å². The SMILES string of the molecule is Cc1cc(B2CC(C)(C)C(C)(C)S2)ccc1C(=O)NC1CCCCC1. The maximum atomic E-state index is 12.7. The van der Waals surface area contributed by atoms with Gasteiger partial charge in [0.2, 0.25) is 5.99 Å². The number of benzene rings is 1. The molecule has 4 heteroatoms. The number of aryl methyl sites for hydroxylation is 1. The summed E-state index contributed by atoms with van der Waals surface area (Å²) in [4.78, 5) is 12.7. The third-order valence-electron chi connectivity index (χ3n) is 6.57. The lowest BCUT2D eigenvalue weighted by molar-refractivity contribution is 0.0927. The predicted molar refractivity (Wildman–Crippen MR) is 111 cm³/mol. The highest BCUT2D eigenvalue weighted by molar-refractivity contribution is 8.28. The van der Waals surface area contributed by atoms with Crippen LogP contribution in [-0.4, -0.2) is 22.7 Å². The van der Waals surface area contributed by atoms with E-state index in [1.54, 1.807) is 0 Å². The third kappa shape index (κ3) is 3.94. The van der Waals surface area contributed by atoms with Crippen molar-refractivity contribution in [2.45, 2.75) is 83.8 Å². The molecule has 0 atom stereocenters. The fourth-order valence-corrected chi connectivity index (χ4v) is 6.00. The topological polar surface area (TPSA) is 29.1 Å². The molecule has 1 saturated carbocycles. The maximum absolute atomic E-state index is 12.7. The maximum Gasteiger partial charge on any atom is 0.251 e. The number of carbonyl (C=O) groups is 1. The van der Waals surface area contributed by atoms with Crippen LogP contribution >= 0.6 is 11.6 Å². The molecule has 1 N–H and O–H groups in total. The lowest BCUT2D eigenvalue weighted by Crippen LogP contribution is -2.37. The fourth-order valence-electron chi connectivity index (χ4n) is 4.10. The van der Waals surface area contributed by atoms with Crippen LogP contribution in [0.15, 0.2) is 18.2 Å². The number of hydrogen-bond acceptors (Lipinski definition) is 2. The van der Waals surface area contributed by atoms with Crippen LogP contribution in [-0.2, 0) is 0 Å². The molecule has 1 aromatic carbocycles. The van der Waals surface area contributed by atoms with Crippen LogP contribution in [0.5, 0.6) is 0 Å². The van der Waals surface area contributed by atoms with Gasteiger partial charge in [0.05, 0.1) is 0 Å². The van der Waals surface area contributed by atoms with Crippen LogP contribution < -0.4 is 10.8 Å². The molecule has 0 aromatic heterocycles. The zero-order valence-corrected chi connectivity index (χ0v) is 17.3. The molecule has 1 aromatic rings. The summed E-state index contributed by atoms with van der Waals surface area (Å²) in [5, 5.41) is 3.25. The Labute approximate surface area is 157 Å². The van der Waals surface area contributed by atoms with Crippen molar-refractivity contribution < 1.29 is 4.79 Å². The van der Waals surface area contributed by atoms with Crippen molar-refractivity contribution in [2.24, 2.45) is 5.41 Å². The van der Waals surface area contributed by atoms with Gasteiger partial charge in [-0.05, 0) is 36.8 Å². The molecular weight excluding hydrogens is 325 g/mol. The second kappa shape index (κ2) is 7.02. The Morgan fingerprint density at radius 3 is 2.40 bits per heavy atom. The molecule has 0 bridgehead atoms. The summed E-state index contributed by atoms with van der Waals surface area (Å²) < 4.78 is 0.280. The molecule has 0 radical (unpaired) electrons. The highest BCUT2D eigenvalue weighted by Gasteiger charge is 2.48. The molecule has 0 spiro atoms. The molecule has 1 aliphatic carbocycles. The molecule has 3 rings (SSSR count). The summed E-state index contributed by atoms with van der Waals surface area (Å²) in [5.74, 6) is 0.634. The van der Waals surface area contributed by atoms with Crippen molar-refractivity contribution in [1.29, 1.82) is 0 Å². The van der Waals surface area contributed by atoms with E-state index in [4.69, 9.17) is 0 Å². The number of amides is 1.